The molecule has 0 radical (unpaired) electrons. The standard InChI is InChI=1S/C12H12BrNOS/c1-15-11-4-2-8(6-10(11)13)12-5-3-9(7-14)16-12/h2-6H,7,14H2,1H3. The average Bonchev–Trinajstić information content (AvgIpc) is 2.77. The van der Waals surface area contributed by atoms with E-state index in [2.05, 4.69) is 40.2 Å². The van der Waals surface area contributed by atoms with E-state index in [1.165, 1.54) is 15.3 Å². The minimum absolute atomic E-state index is 0.599. The molecular formula is C12H12BrNOS. The van der Waals surface area contributed by atoms with Crippen LogP contribution >= 0.6 is 27.3 Å². The lowest BCUT2D eigenvalue weighted by molar-refractivity contribution is 0.412. The van der Waals surface area contributed by atoms with Crippen LogP contribution in [-0.4, -0.2) is 7.11 Å². The molecule has 0 unspecified atom stereocenters. The molecule has 0 amide bonds. The minimum atomic E-state index is 0.599. The monoisotopic (exact) mass is 297 g/mol. The summed E-state index contributed by atoms with van der Waals surface area (Å²) in [5.41, 5.74) is 6.78. The van der Waals surface area contributed by atoms with Crippen LogP contribution in [0.4, 0.5) is 0 Å². The van der Waals surface area contributed by atoms with E-state index in [0.717, 1.165) is 10.2 Å². The van der Waals surface area contributed by atoms with Gasteiger partial charge in [-0.1, -0.05) is 0 Å². The van der Waals surface area contributed by atoms with Crippen LogP contribution in [0.25, 0.3) is 10.4 Å². The molecule has 0 bridgehead atoms. The maximum Gasteiger partial charge on any atom is 0.133 e. The van der Waals surface area contributed by atoms with Gasteiger partial charge in [0.15, 0.2) is 0 Å². The summed E-state index contributed by atoms with van der Waals surface area (Å²) in [5, 5.41) is 0. The molecule has 2 N–H and O–H groups in total. The van der Waals surface area contributed by atoms with Gasteiger partial charge in [0.05, 0.1) is 11.6 Å². The van der Waals surface area contributed by atoms with Gasteiger partial charge in [0, 0.05) is 16.3 Å². The topological polar surface area (TPSA) is 35.2 Å². The van der Waals surface area contributed by atoms with Gasteiger partial charge >= 0.3 is 0 Å². The number of hydrogen-bond acceptors (Lipinski definition) is 3. The molecule has 0 spiro atoms. The normalized spacial score (nSPS) is 10.4. The number of nitrogens with two attached hydrogens (primary N) is 1. The fraction of sp³-hybridized carbons (Fsp3) is 0.167. The summed E-state index contributed by atoms with van der Waals surface area (Å²) in [6, 6.07) is 10.2. The van der Waals surface area contributed by atoms with Crippen molar-refractivity contribution < 1.29 is 4.74 Å². The van der Waals surface area contributed by atoms with Crippen molar-refractivity contribution in [2.45, 2.75) is 6.54 Å². The molecule has 16 heavy (non-hydrogen) atoms. The molecule has 2 aromatic rings. The molecule has 1 aromatic carbocycles. The van der Waals surface area contributed by atoms with E-state index in [1.807, 2.05) is 6.07 Å². The molecule has 0 aliphatic rings. The molecule has 1 aromatic heterocycles. The van der Waals surface area contributed by atoms with Crippen molar-refractivity contribution in [2.24, 2.45) is 5.73 Å². The second-order valence-electron chi connectivity index (χ2n) is 3.32. The van der Waals surface area contributed by atoms with E-state index in [4.69, 9.17) is 10.5 Å². The Morgan fingerprint density at radius 2 is 2.12 bits per heavy atom. The van der Waals surface area contributed by atoms with Crippen molar-refractivity contribution >= 4 is 27.3 Å². The van der Waals surface area contributed by atoms with Crippen LogP contribution in [0, 0.1) is 0 Å². The highest BCUT2D eigenvalue weighted by molar-refractivity contribution is 9.10. The van der Waals surface area contributed by atoms with E-state index >= 15 is 0 Å². The minimum Gasteiger partial charge on any atom is -0.496 e. The Bertz CT molecular complexity index is 496. The van der Waals surface area contributed by atoms with Crippen LogP contribution in [0.2, 0.25) is 0 Å². The highest BCUT2D eigenvalue weighted by Crippen LogP contribution is 2.33. The summed E-state index contributed by atoms with van der Waals surface area (Å²) >= 11 is 5.20. The molecule has 4 heteroatoms. The van der Waals surface area contributed by atoms with Gasteiger partial charge in [0.25, 0.3) is 0 Å². The third kappa shape index (κ3) is 2.29. The Morgan fingerprint density at radius 1 is 1.31 bits per heavy atom. The molecule has 0 aliphatic carbocycles. The Hall–Kier alpha value is -0.840. The molecule has 0 saturated heterocycles. The molecule has 2 rings (SSSR count). The first-order chi connectivity index (χ1) is 7.74. The van der Waals surface area contributed by atoms with Crippen molar-refractivity contribution in [2.75, 3.05) is 7.11 Å². The first kappa shape index (κ1) is 11.6. The van der Waals surface area contributed by atoms with E-state index < -0.39 is 0 Å². The number of hydrogen-bond donors (Lipinski definition) is 1. The van der Waals surface area contributed by atoms with Gasteiger partial charge in [-0.25, -0.2) is 0 Å². The second kappa shape index (κ2) is 4.99. The SMILES string of the molecule is COc1ccc(-c2ccc(CN)s2)cc1Br. The van der Waals surface area contributed by atoms with Crippen molar-refractivity contribution in [3.63, 3.8) is 0 Å². The van der Waals surface area contributed by atoms with Gasteiger partial charge in [-0.15, -0.1) is 11.3 Å². The van der Waals surface area contributed by atoms with E-state index in [-0.39, 0.29) is 0 Å². The van der Waals surface area contributed by atoms with Gasteiger partial charge < -0.3 is 10.5 Å². The summed E-state index contributed by atoms with van der Waals surface area (Å²) in [7, 11) is 1.66. The van der Waals surface area contributed by atoms with Gasteiger partial charge in [0.2, 0.25) is 0 Å². The summed E-state index contributed by atoms with van der Waals surface area (Å²) in [5.74, 6) is 0.847. The molecule has 2 nitrogen and oxygen atoms in total. The Morgan fingerprint density at radius 3 is 2.69 bits per heavy atom. The number of halogens is 1. The van der Waals surface area contributed by atoms with Crippen LogP contribution in [0.3, 0.4) is 0 Å². The van der Waals surface area contributed by atoms with Crippen LogP contribution in [0.1, 0.15) is 4.88 Å². The van der Waals surface area contributed by atoms with Gasteiger partial charge in [-0.3, -0.25) is 0 Å². The molecule has 0 fully saturated rings. The molecular weight excluding hydrogens is 286 g/mol. The Balaban J connectivity index is 2.37. The number of ether oxygens (including phenoxy) is 1. The highest BCUT2D eigenvalue weighted by Gasteiger charge is 2.05. The molecule has 0 atom stereocenters. The first-order valence-corrected chi connectivity index (χ1v) is 6.48. The molecule has 84 valence electrons. The van der Waals surface area contributed by atoms with Crippen LogP contribution < -0.4 is 10.5 Å². The number of rotatable bonds is 3. The third-order valence-corrected chi connectivity index (χ3v) is 4.08. The molecule has 1 heterocycles. The van der Waals surface area contributed by atoms with Crippen molar-refractivity contribution in [1.82, 2.24) is 0 Å². The maximum atomic E-state index is 5.60. The predicted molar refractivity (Wildman–Crippen MR) is 71.9 cm³/mol. The Kier molecular flexibility index (Phi) is 3.63. The lowest BCUT2D eigenvalue weighted by Gasteiger charge is -2.04. The number of thiophene rings is 1. The van der Waals surface area contributed by atoms with Gasteiger partial charge in [-0.05, 0) is 51.8 Å². The summed E-state index contributed by atoms with van der Waals surface area (Å²) < 4.78 is 6.17. The van der Waals surface area contributed by atoms with E-state index in [1.54, 1.807) is 18.4 Å². The third-order valence-electron chi connectivity index (χ3n) is 2.30. The first-order valence-electron chi connectivity index (χ1n) is 4.87. The number of benzene rings is 1. The van der Waals surface area contributed by atoms with Gasteiger partial charge in [-0.2, -0.15) is 0 Å². The van der Waals surface area contributed by atoms with Crippen molar-refractivity contribution in [3.05, 3.63) is 39.7 Å². The highest BCUT2D eigenvalue weighted by atomic mass is 79.9. The fourth-order valence-electron chi connectivity index (χ4n) is 1.46. The van der Waals surface area contributed by atoms with Crippen molar-refractivity contribution in [3.8, 4) is 16.2 Å². The predicted octanol–water partition coefficient (Wildman–Crippen LogP) is 3.64. The van der Waals surface area contributed by atoms with Crippen LogP contribution in [-0.2, 0) is 6.54 Å². The Labute approximate surface area is 107 Å². The number of methoxy groups -OCH3 is 1. The maximum absolute atomic E-state index is 5.60. The molecule has 0 saturated carbocycles. The summed E-state index contributed by atoms with van der Waals surface area (Å²) in [6.07, 6.45) is 0. The lowest BCUT2D eigenvalue weighted by atomic mass is 10.2. The zero-order valence-electron chi connectivity index (χ0n) is 8.87. The smallest absolute Gasteiger partial charge is 0.133 e. The lowest BCUT2D eigenvalue weighted by Crippen LogP contribution is -1.91. The largest absolute Gasteiger partial charge is 0.496 e. The van der Waals surface area contributed by atoms with Crippen molar-refractivity contribution in [1.29, 1.82) is 0 Å². The van der Waals surface area contributed by atoms with E-state index in [0.29, 0.717) is 6.54 Å². The molecule has 0 aliphatic heterocycles. The quantitative estimate of drug-likeness (QED) is 0.939. The summed E-state index contributed by atoms with van der Waals surface area (Å²) in [4.78, 5) is 2.42. The zero-order valence-corrected chi connectivity index (χ0v) is 11.3. The average molecular weight is 298 g/mol. The van der Waals surface area contributed by atoms with E-state index in [9.17, 15) is 0 Å². The second-order valence-corrected chi connectivity index (χ2v) is 5.34. The fourth-order valence-corrected chi connectivity index (χ4v) is 2.89. The van der Waals surface area contributed by atoms with Gasteiger partial charge in [0.1, 0.15) is 5.75 Å². The van der Waals surface area contributed by atoms with Crippen LogP contribution in [0.15, 0.2) is 34.8 Å². The zero-order chi connectivity index (χ0) is 11.5. The van der Waals surface area contributed by atoms with Crippen LogP contribution in [0.5, 0.6) is 5.75 Å². The summed E-state index contributed by atoms with van der Waals surface area (Å²) in [6.45, 7) is 0.599.